The first kappa shape index (κ1) is 37.9. The summed E-state index contributed by atoms with van der Waals surface area (Å²) in [4.78, 5) is 24.1. The van der Waals surface area contributed by atoms with Crippen molar-refractivity contribution < 1.29 is 24.2 Å². The molecule has 1 N–H and O–H groups in total. The first-order valence-electron chi connectivity index (χ1n) is 16.2. The Kier molecular flexibility index (Phi) is 29.7. The van der Waals surface area contributed by atoms with Crippen LogP contribution in [0.3, 0.4) is 0 Å². The van der Waals surface area contributed by atoms with Crippen LogP contribution < -0.4 is 0 Å². The zero-order valence-corrected chi connectivity index (χ0v) is 25.8. The molecule has 0 aromatic heterocycles. The second kappa shape index (κ2) is 31.4. The topological polar surface area (TPSA) is 72.8 Å². The molecule has 0 heterocycles. The van der Waals surface area contributed by atoms with Gasteiger partial charge in [0.15, 0.2) is 6.10 Å². The van der Waals surface area contributed by atoms with Crippen molar-refractivity contribution in [3.8, 4) is 0 Å². The maximum Gasteiger partial charge on any atom is 0.306 e. The second-order valence-electron chi connectivity index (χ2n) is 10.5. The summed E-state index contributed by atoms with van der Waals surface area (Å²) >= 11 is 0. The van der Waals surface area contributed by atoms with Crippen molar-refractivity contribution >= 4 is 11.9 Å². The smallest absolute Gasteiger partial charge is 0.306 e. The van der Waals surface area contributed by atoms with Crippen molar-refractivity contribution in [2.45, 2.75) is 148 Å². The molecule has 5 nitrogen and oxygen atoms in total. The molecule has 0 aromatic carbocycles. The summed E-state index contributed by atoms with van der Waals surface area (Å²) < 4.78 is 10.5. The van der Waals surface area contributed by atoms with Crippen LogP contribution in [0.5, 0.6) is 0 Å². The van der Waals surface area contributed by atoms with E-state index in [0.29, 0.717) is 12.8 Å². The highest BCUT2D eigenvalue weighted by atomic mass is 16.6. The number of carbonyl (C=O) groups is 2. The van der Waals surface area contributed by atoms with E-state index < -0.39 is 6.10 Å². The molecule has 0 aromatic rings. The van der Waals surface area contributed by atoms with E-state index in [1.54, 1.807) is 0 Å². The van der Waals surface area contributed by atoms with Crippen molar-refractivity contribution in [1.29, 1.82) is 0 Å². The lowest BCUT2D eigenvalue weighted by molar-refractivity contribution is -0.161. The van der Waals surface area contributed by atoms with Crippen molar-refractivity contribution in [1.82, 2.24) is 0 Å². The van der Waals surface area contributed by atoms with E-state index in [1.165, 1.54) is 32.1 Å². The molecule has 40 heavy (non-hydrogen) atoms. The molecule has 1 unspecified atom stereocenters. The van der Waals surface area contributed by atoms with Crippen LogP contribution in [0.1, 0.15) is 142 Å². The van der Waals surface area contributed by atoms with Crippen LogP contribution in [0.25, 0.3) is 0 Å². The Hall–Kier alpha value is -2.14. The van der Waals surface area contributed by atoms with Crippen molar-refractivity contribution in [2.24, 2.45) is 0 Å². The molecule has 0 bridgehead atoms. The van der Waals surface area contributed by atoms with Crippen molar-refractivity contribution in [3.05, 3.63) is 48.6 Å². The van der Waals surface area contributed by atoms with Crippen LogP contribution in [-0.2, 0) is 19.1 Å². The zero-order valence-electron chi connectivity index (χ0n) is 25.8. The lowest BCUT2D eigenvalue weighted by Crippen LogP contribution is -2.28. The van der Waals surface area contributed by atoms with Crippen LogP contribution in [0.4, 0.5) is 0 Å². The molecule has 0 aliphatic carbocycles. The molecule has 0 aliphatic heterocycles. The molecule has 0 fully saturated rings. The van der Waals surface area contributed by atoms with E-state index in [2.05, 4.69) is 62.5 Å². The summed E-state index contributed by atoms with van der Waals surface area (Å²) in [5, 5.41) is 9.49. The fraction of sp³-hybridized carbons (Fsp3) is 0.714. The van der Waals surface area contributed by atoms with E-state index in [-0.39, 0.29) is 25.2 Å². The van der Waals surface area contributed by atoms with E-state index in [1.807, 2.05) is 0 Å². The number of esters is 2. The highest BCUT2D eigenvalue weighted by Gasteiger charge is 2.16. The largest absolute Gasteiger partial charge is 0.462 e. The third-order valence-corrected chi connectivity index (χ3v) is 6.56. The van der Waals surface area contributed by atoms with Crippen LogP contribution in [0.2, 0.25) is 0 Å². The summed E-state index contributed by atoms with van der Waals surface area (Å²) in [6, 6.07) is 0. The molecule has 0 saturated heterocycles. The van der Waals surface area contributed by atoms with Gasteiger partial charge < -0.3 is 14.6 Å². The van der Waals surface area contributed by atoms with Crippen molar-refractivity contribution in [2.75, 3.05) is 13.2 Å². The van der Waals surface area contributed by atoms with Crippen LogP contribution in [0.15, 0.2) is 48.6 Å². The molecule has 0 spiro atoms. The molecule has 0 amide bonds. The monoisotopic (exact) mass is 560 g/mol. The van der Waals surface area contributed by atoms with Gasteiger partial charge in [-0.15, -0.1) is 0 Å². The minimum Gasteiger partial charge on any atom is -0.462 e. The Morgan fingerprint density at radius 2 is 1.00 bits per heavy atom. The number of allylic oxidation sites excluding steroid dienone is 8. The maximum atomic E-state index is 12.1. The Morgan fingerprint density at radius 1 is 0.575 bits per heavy atom. The molecule has 0 saturated carbocycles. The third kappa shape index (κ3) is 28.9. The van der Waals surface area contributed by atoms with E-state index in [0.717, 1.165) is 83.5 Å². The minimum absolute atomic E-state index is 0.0804. The number of unbranched alkanes of at least 4 members (excludes halogenated alkanes) is 12. The van der Waals surface area contributed by atoms with Gasteiger partial charge in [-0.05, 0) is 64.2 Å². The van der Waals surface area contributed by atoms with Gasteiger partial charge in [0.2, 0.25) is 0 Å². The van der Waals surface area contributed by atoms with Crippen LogP contribution >= 0.6 is 0 Å². The number of aliphatic hydroxyl groups excluding tert-OH is 1. The Bertz CT molecular complexity index is 692. The summed E-state index contributed by atoms with van der Waals surface area (Å²) in [5.74, 6) is -0.631. The summed E-state index contributed by atoms with van der Waals surface area (Å²) in [6.07, 6.45) is 37.3. The molecule has 0 rings (SSSR count). The number of rotatable bonds is 28. The van der Waals surface area contributed by atoms with E-state index in [4.69, 9.17) is 9.47 Å². The molecule has 0 aliphatic rings. The maximum absolute atomic E-state index is 12.1. The lowest BCUT2D eigenvalue weighted by Gasteiger charge is -2.15. The fourth-order valence-electron chi connectivity index (χ4n) is 4.10. The summed E-state index contributed by atoms with van der Waals surface area (Å²) in [7, 11) is 0. The number of ether oxygens (including phenoxy) is 2. The van der Waals surface area contributed by atoms with Gasteiger partial charge in [-0.25, -0.2) is 0 Å². The van der Waals surface area contributed by atoms with Gasteiger partial charge in [-0.3, -0.25) is 9.59 Å². The quantitative estimate of drug-likeness (QED) is 0.0586. The number of carbonyl (C=O) groups excluding carboxylic acids is 2. The van der Waals surface area contributed by atoms with Crippen LogP contribution in [-0.4, -0.2) is 36.4 Å². The summed E-state index contributed by atoms with van der Waals surface area (Å²) in [5.41, 5.74) is 0. The van der Waals surface area contributed by atoms with Gasteiger partial charge in [-0.1, -0.05) is 114 Å². The highest BCUT2D eigenvalue weighted by molar-refractivity contribution is 5.70. The predicted molar refractivity (Wildman–Crippen MR) is 168 cm³/mol. The Morgan fingerprint density at radius 3 is 1.48 bits per heavy atom. The molecule has 5 heteroatoms. The molecule has 0 radical (unpaired) electrons. The Labute approximate surface area is 246 Å². The van der Waals surface area contributed by atoms with Crippen LogP contribution in [0, 0.1) is 0 Å². The zero-order chi connectivity index (χ0) is 29.4. The molecular weight excluding hydrogens is 500 g/mol. The number of hydrogen-bond donors (Lipinski definition) is 1. The average molecular weight is 561 g/mol. The first-order chi connectivity index (χ1) is 19.6. The van der Waals surface area contributed by atoms with Gasteiger partial charge in [0.25, 0.3) is 0 Å². The summed E-state index contributed by atoms with van der Waals surface area (Å²) in [6.45, 7) is 3.95. The molecular formula is C35H60O5. The fourth-order valence-corrected chi connectivity index (χ4v) is 4.10. The predicted octanol–water partition coefficient (Wildman–Crippen LogP) is 9.50. The van der Waals surface area contributed by atoms with Gasteiger partial charge in [0.1, 0.15) is 6.61 Å². The lowest BCUT2D eigenvalue weighted by atomic mass is 10.1. The standard InChI is InChI=1S/C35H60O5/c1-3-5-7-9-11-13-15-17-19-21-23-25-27-29-34(37)39-32-33(31-36)40-35(38)30-28-26-24-22-20-18-16-14-12-10-8-6-4-2/h7-10,13-16,33,36H,3-6,11-12,17-32H2,1-2H3/b9-7-,10-8-,15-13-,16-14-. The normalized spacial score (nSPS) is 12.8. The second-order valence-corrected chi connectivity index (χ2v) is 10.5. The van der Waals surface area contributed by atoms with Gasteiger partial charge in [-0.2, -0.15) is 0 Å². The highest BCUT2D eigenvalue weighted by Crippen LogP contribution is 2.11. The SMILES string of the molecule is CCC/C=C\C/C=C\CCCCCCCC(=O)OCC(CO)OC(=O)CCCCCCC/C=C\C/C=C\CCC. The van der Waals surface area contributed by atoms with E-state index in [9.17, 15) is 14.7 Å². The first-order valence-corrected chi connectivity index (χ1v) is 16.2. The number of hydrogen-bond acceptors (Lipinski definition) is 5. The average Bonchev–Trinajstić information content (AvgIpc) is 2.96. The third-order valence-electron chi connectivity index (χ3n) is 6.56. The van der Waals surface area contributed by atoms with Gasteiger partial charge in [0.05, 0.1) is 6.61 Å². The number of aliphatic hydroxyl groups is 1. The van der Waals surface area contributed by atoms with Gasteiger partial charge >= 0.3 is 11.9 Å². The van der Waals surface area contributed by atoms with Crippen molar-refractivity contribution in [3.63, 3.8) is 0 Å². The molecule has 230 valence electrons. The molecule has 1 atom stereocenters. The van der Waals surface area contributed by atoms with Gasteiger partial charge in [0, 0.05) is 12.8 Å². The van der Waals surface area contributed by atoms with E-state index >= 15 is 0 Å². The Balaban J connectivity index is 3.66. The minimum atomic E-state index is -0.782.